The number of halogens is 1. The Morgan fingerprint density at radius 2 is 1.83 bits per heavy atom. The lowest BCUT2D eigenvalue weighted by molar-refractivity contribution is -0.117. The van der Waals surface area contributed by atoms with Gasteiger partial charge in [-0.15, -0.1) is 5.10 Å². The highest BCUT2D eigenvalue weighted by molar-refractivity contribution is 6.34. The summed E-state index contributed by atoms with van der Waals surface area (Å²) in [5.74, 6) is -0.0101. The molecule has 0 radical (unpaired) electrons. The topological polar surface area (TPSA) is 98.1 Å². The summed E-state index contributed by atoms with van der Waals surface area (Å²) in [6, 6.07) is 12.4. The molecule has 156 valence electrons. The minimum atomic E-state index is -0.448. The van der Waals surface area contributed by atoms with Gasteiger partial charge in [0.1, 0.15) is 12.3 Å². The van der Waals surface area contributed by atoms with E-state index in [1.807, 2.05) is 19.9 Å². The molecule has 0 aliphatic rings. The fourth-order valence-corrected chi connectivity index (χ4v) is 3.04. The van der Waals surface area contributed by atoms with Gasteiger partial charge in [0.2, 0.25) is 5.91 Å². The Morgan fingerprint density at radius 1 is 1.10 bits per heavy atom. The minimum Gasteiger partial charge on any atom is -0.494 e. The van der Waals surface area contributed by atoms with E-state index in [0.717, 1.165) is 11.3 Å². The summed E-state index contributed by atoms with van der Waals surface area (Å²) < 4.78 is 6.75. The molecule has 1 aromatic heterocycles. The first-order valence-electron chi connectivity index (χ1n) is 9.37. The second-order valence-electron chi connectivity index (χ2n) is 6.62. The Hall–Kier alpha value is -3.39. The molecule has 0 spiro atoms. The van der Waals surface area contributed by atoms with E-state index in [2.05, 4.69) is 20.9 Å². The molecule has 0 saturated carbocycles. The highest BCUT2D eigenvalue weighted by Gasteiger charge is 2.19. The standard InChI is InChI=1S/C21H22ClN5O3/c1-4-30-16-8-6-15(7-9-16)23-19(28)12-27-14(3)20(25-26-27)21(29)24-18-10-5-13(2)11-17(18)22/h5-11H,4,12H2,1-3H3,(H,23,28)(H,24,29). The number of carbonyl (C=O) groups excluding carboxylic acids is 2. The number of aromatic nitrogens is 3. The zero-order valence-corrected chi connectivity index (χ0v) is 17.7. The van der Waals surface area contributed by atoms with Crippen LogP contribution in [-0.4, -0.2) is 33.4 Å². The number of rotatable bonds is 7. The van der Waals surface area contributed by atoms with E-state index in [1.165, 1.54) is 4.68 Å². The van der Waals surface area contributed by atoms with Crippen molar-refractivity contribution >= 4 is 34.8 Å². The average molecular weight is 428 g/mol. The van der Waals surface area contributed by atoms with Gasteiger partial charge in [-0.05, 0) is 62.7 Å². The molecule has 0 saturated heterocycles. The highest BCUT2D eigenvalue weighted by Crippen LogP contribution is 2.23. The largest absolute Gasteiger partial charge is 0.494 e. The smallest absolute Gasteiger partial charge is 0.278 e. The summed E-state index contributed by atoms with van der Waals surface area (Å²) >= 11 is 6.16. The predicted octanol–water partition coefficient (Wildman–Crippen LogP) is 3.84. The van der Waals surface area contributed by atoms with Gasteiger partial charge >= 0.3 is 0 Å². The van der Waals surface area contributed by atoms with Crippen LogP contribution in [0.1, 0.15) is 28.7 Å². The van der Waals surface area contributed by atoms with Gasteiger partial charge in [0.05, 0.1) is 23.0 Å². The molecule has 2 N–H and O–H groups in total. The maximum Gasteiger partial charge on any atom is 0.278 e. The van der Waals surface area contributed by atoms with E-state index >= 15 is 0 Å². The lowest BCUT2D eigenvalue weighted by Crippen LogP contribution is -2.21. The van der Waals surface area contributed by atoms with Gasteiger partial charge in [0.25, 0.3) is 5.91 Å². The van der Waals surface area contributed by atoms with Gasteiger partial charge in [0.15, 0.2) is 5.69 Å². The Bertz CT molecular complexity index is 1060. The normalized spacial score (nSPS) is 10.5. The van der Waals surface area contributed by atoms with Gasteiger partial charge < -0.3 is 15.4 Å². The molecule has 8 nitrogen and oxygen atoms in total. The Kier molecular flexibility index (Phi) is 6.68. The zero-order valence-electron chi connectivity index (χ0n) is 16.9. The molecular weight excluding hydrogens is 406 g/mol. The van der Waals surface area contributed by atoms with E-state index < -0.39 is 5.91 Å². The number of benzene rings is 2. The molecule has 2 amide bonds. The summed E-state index contributed by atoms with van der Waals surface area (Å²) in [4.78, 5) is 24.9. The molecule has 30 heavy (non-hydrogen) atoms. The van der Waals surface area contributed by atoms with Crippen LogP contribution in [0.15, 0.2) is 42.5 Å². The van der Waals surface area contributed by atoms with Crippen molar-refractivity contribution in [3.8, 4) is 5.75 Å². The van der Waals surface area contributed by atoms with Crippen LogP contribution in [0.5, 0.6) is 5.75 Å². The molecule has 0 unspecified atom stereocenters. The number of nitrogens with zero attached hydrogens (tertiary/aromatic N) is 3. The van der Waals surface area contributed by atoms with Crippen molar-refractivity contribution in [1.29, 1.82) is 0 Å². The Morgan fingerprint density at radius 3 is 2.50 bits per heavy atom. The minimum absolute atomic E-state index is 0.0788. The van der Waals surface area contributed by atoms with Crippen LogP contribution in [-0.2, 0) is 11.3 Å². The van der Waals surface area contributed by atoms with Crippen molar-refractivity contribution in [3.05, 3.63) is 64.4 Å². The van der Waals surface area contributed by atoms with Crippen LogP contribution in [0, 0.1) is 13.8 Å². The number of ether oxygens (including phenoxy) is 1. The van der Waals surface area contributed by atoms with Crippen molar-refractivity contribution in [2.24, 2.45) is 0 Å². The molecular formula is C21H22ClN5O3. The molecule has 3 aromatic rings. The third-order valence-corrected chi connectivity index (χ3v) is 4.63. The van der Waals surface area contributed by atoms with Crippen LogP contribution >= 0.6 is 11.6 Å². The van der Waals surface area contributed by atoms with Crippen LogP contribution in [0.25, 0.3) is 0 Å². The monoisotopic (exact) mass is 427 g/mol. The molecule has 0 aliphatic heterocycles. The quantitative estimate of drug-likeness (QED) is 0.597. The fraction of sp³-hybridized carbons (Fsp3) is 0.238. The molecule has 9 heteroatoms. The molecule has 2 aromatic carbocycles. The second-order valence-corrected chi connectivity index (χ2v) is 7.03. The summed E-state index contributed by atoms with van der Waals surface area (Å²) in [7, 11) is 0. The number of amides is 2. The summed E-state index contributed by atoms with van der Waals surface area (Å²) in [6.07, 6.45) is 0. The third-order valence-electron chi connectivity index (χ3n) is 4.31. The maximum atomic E-state index is 12.5. The van der Waals surface area contributed by atoms with Crippen molar-refractivity contribution < 1.29 is 14.3 Å². The van der Waals surface area contributed by atoms with Crippen molar-refractivity contribution in [1.82, 2.24) is 15.0 Å². The molecule has 0 bridgehead atoms. The van der Waals surface area contributed by atoms with Crippen LogP contribution in [0.3, 0.4) is 0 Å². The van der Waals surface area contributed by atoms with E-state index in [-0.39, 0.29) is 18.1 Å². The molecule has 0 fully saturated rings. The van der Waals surface area contributed by atoms with Gasteiger partial charge in [0, 0.05) is 5.69 Å². The van der Waals surface area contributed by atoms with E-state index in [9.17, 15) is 9.59 Å². The van der Waals surface area contributed by atoms with Crippen LogP contribution < -0.4 is 15.4 Å². The van der Waals surface area contributed by atoms with Crippen molar-refractivity contribution in [3.63, 3.8) is 0 Å². The number of hydrogen-bond acceptors (Lipinski definition) is 5. The number of carbonyl (C=O) groups is 2. The van der Waals surface area contributed by atoms with E-state index in [4.69, 9.17) is 16.3 Å². The lowest BCUT2D eigenvalue weighted by Gasteiger charge is -2.08. The first-order chi connectivity index (χ1) is 14.4. The predicted molar refractivity (Wildman–Crippen MR) is 115 cm³/mol. The molecule has 0 aliphatic carbocycles. The highest BCUT2D eigenvalue weighted by atomic mass is 35.5. The SMILES string of the molecule is CCOc1ccc(NC(=O)Cn2nnc(C(=O)Nc3ccc(C)cc3Cl)c2C)cc1. The zero-order chi connectivity index (χ0) is 21.7. The summed E-state index contributed by atoms with van der Waals surface area (Å²) in [6.45, 7) is 5.98. The van der Waals surface area contributed by atoms with Gasteiger partial charge in [-0.1, -0.05) is 22.9 Å². The third kappa shape index (κ3) is 5.15. The van der Waals surface area contributed by atoms with Crippen LogP contribution in [0.2, 0.25) is 5.02 Å². The Balaban J connectivity index is 1.64. The number of nitrogens with one attached hydrogen (secondary N) is 2. The summed E-state index contributed by atoms with van der Waals surface area (Å²) in [5.41, 5.74) is 2.69. The number of aryl methyl sites for hydroxylation is 1. The number of anilines is 2. The van der Waals surface area contributed by atoms with Crippen LogP contribution in [0.4, 0.5) is 11.4 Å². The van der Waals surface area contributed by atoms with E-state index in [1.54, 1.807) is 43.3 Å². The molecule has 0 atom stereocenters. The lowest BCUT2D eigenvalue weighted by atomic mass is 10.2. The summed E-state index contributed by atoms with van der Waals surface area (Å²) in [5, 5.41) is 13.8. The van der Waals surface area contributed by atoms with Crippen molar-refractivity contribution in [2.75, 3.05) is 17.2 Å². The first kappa shape index (κ1) is 21.3. The second kappa shape index (κ2) is 9.41. The van der Waals surface area contributed by atoms with Gasteiger partial charge in [-0.3, -0.25) is 9.59 Å². The van der Waals surface area contributed by atoms with Crippen molar-refractivity contribution in [2.45, 2.75) is 27.3 Å². The van der Waals surface area contributed by atoms with Gasteiger partial charge in [-0.2, -0.15) is 0 Å². The molecule has 1 heterocycles. The Labute approximate surface area is 179 Å². The number of hydrogen-bond donors (Lipinski definition) is 2. The average Bonchev–Trinajstić information content (AvgIpc) is 3.06. The van der Waals surface area contributed by atoms with E-state index in [0.29, 0.717) is 28.7 Å². The van der Waals surface area contributed by atoms with Gasteiger partial charge in [-0.25, -0.2) is 4.68 Å². The maximum absolute atomic E-state index is 12.5. The molecule has 3 rings (SSSR count). The first-order valence-corrected chi connectivity index (χ1v) is 9.75. The fourth-order valence-electron chi connectivity index (χ4n) is 2.76.